The smallest absolute Gasteiger partial charge is 0.224 e. The van der Waals surface area contributed by atoms with E-state index in [-0.39, 0.29) is 11.7 Å². The lowest BCUT2D eigenvalue weighted by molar-refractivity contribution is -0.120. The van der Waals surface area contributed by atoms with Crippen LogP contribution in [0, 0.1) is 0 Å². The van der Waals surface area contributed by atoms with E-state index in [2.05, 4.69) is 40.5 Å². The Kier molecular flexibility index (Phi) is 6.67. The van der Waals surface area contributed by atoms with Crippen LogP contribution in [0.4, 0.5) is 0 Å². The fraction of sp³-hybridized carbons (Fsp3) is 0.409. The summed E-state index contributed by atoms with van der Waals surface area (Å²) in [6.07, 6.45) is 5.03. The van der Waals surface area contributed by atoms with Crippen LogP contribution in [0.25, 0.3) is 0 Å². The molecule has 0 aliphatic carbocycles. The molecule has 4 nitrogen and oxygen atoms in total. The van der Waals surface area contributed by atoms with Gasteiger partial charge in [0.1, 0.15) is 5.75 Å². The van der Waals surface area contributed by atoms with Crippen LogP contribution >= 0.6 is 0 Å². The van der Waals surface area contributed by atoms with Crippen LogP contribution in [0.2, 0.25) is 0 Å². The zero-order valence-corrected chi connectivity index (χ0v) is 15.2. The van der Waals surface area contributed by atoms with E-state index >= 15 is 0 Å². The largest absolute Gasteiger partial charge is 0.508 e. The van der Waals surface area contributed by atoms with Crippen LogP contribution in [0.15, 0.2) is 54.6 Å². The van der Waals surface area contributed by atoms with Gasteiger partial charge in [0.25, 0.3) is 0 Å². The first-order valence-electron chi connectivity index (χ1n) is 9.53. The highest BCUT2D eigenvalue weighted by molar-refractivity contribution is 5.78. The molecule has 2 aromatic carbocycles. The normalized spacial score (nSPS) is 17.8. The average molecular weight is 352 g/mol. The number of phenolic OH excluding ortho intramolecular Hbond substituents is 1. The predicted octanol–water partition coefficient (Wildman–Crippen LogP) is 3.50. The third kappa shape index (κ3) is 5.60. The van der Waals surface area contributed by atoms with Gasteiger partial charge in [-0.2, -0.15) is 0 Å². The molecule has 1 aliphatic rings. The van der Waals surface area contributed by atoms with E-state index in [1.54, 1.807) is 18.2 Å². The number of likely N-dealkylation sites (tertiary alicyclic amines) is 1. The Morgan fingerprint density at radius 1 is 1.08 bits per heavy atom. The van der Waals surface area contributed by atoms with Gasteiger partial charge in [-0.1, -0.05) is 48.9 Å². The Balaban J connectivity index is 1.45. The van der Waals surface area contributed by atoms with Crippen molar-refractivity contribution in [3.63, 3.8) is 0 Å². The summed E-state index contributed by atoms with van der Waals surface area (Å²) in [5.74, 6) is 0.218. The number of rotatable bonds is 7. The van der Waals surface area contributed by atoms with Gasteiger partial charge < -0.3 is 10.4 Å². The average Bonchev–Trinajstić information content (AvgIpc) is 2.64. The summed E-state index contributed by atoms with van der Waals surface area (Å²) in [7, 11) is 0. The van der Waals surface area contributed by atoms with Gasteiger partial charge in [0, 0.05) is 19.1 Å². The molecule has 0 saturated carbocycles. The summed E-state index contributed by atoms with van der Waals surface area (Å²) in [4.78, 5) is 14.7. The first-order valence-corrected chi connectivity index (χ1v) is 9.53. The second-order valence-electron chi connectivity index (χ2n) is 7.09. The van der Waals surface area contributed by atoms with Gasteiger partial charge in [-0.25, -0.2) is 0 Å². The summed E-state index contributed by atoms with van der Waals surface area (Å²) in [5.41, 5.74) is 2.19. The number of carbonyl (C=O) groups is 1. The number of piperidine rings is 1. The molecule has 1 aliphatic heterocycles. The van der Waals surface area contributed by atoms with Crippen LogP contribution in [-0.4, -0.2) is 35.0 Å². The SMILES string of the molecule is O=C(Cc1cccc(O)c1)NCC[C@H]1CCCCN1Cc1ccccc1. The quantitative estimate of drug-likeness (QED) is 0.802. The van der Waals surface area contributed by atoms with Gasteiger partial charge in [-0.05, 0) is 49.1 Å². The van der Waals surface area contributed by atoms with Crippen molar-refractivity contribution in [2.24, 2.45) is 0 Å². The maximum Gasteiger partial charge on any atom is 0.224 e. The van der Waals surface area contributed by atoms with Crippen molar-refractivity contribution in [3.05, 3.63) is 65.7 Å². The molecular weight excluding hydrogens is 324 g/mol. The van der Waals surface area contributed by atoms with Gasteiger partial charge >= 0.3 is 0 Å². The molecule has 1 atom stereocenters. The molecule has 26 heavy (non-hydrogen) atoms. The Hall–Kier alpha value is -2.33. The van der Waals surface area contributed by atoms with Crippen molar-refractivity contribution >= 4 is 5.91 Å². The number of hydrogen-bond acceptors (Lipinski definition) is 3. The molecule has 0 bridgehead atoms. The van der Waals surface area contributed by atoms with Crippen LogP contribution in [0.5, 0.6) is 5.75 Å². The molecule has 1 saturated heterocycles. The number of nitrogens with zero attached hydrogens (tertiary/aromatic N) is 1. The minimum atomic E-state index is 0.0148. The molecule has 1 heterocycles. The number of hydrogen-bond donors (Lipinski definition) is 2. The van der Waals surface area contributed by atoms with Crippen LogP contribution < -0.4 is 5.32 Å². The van der Waals surface area contributed by atoms with E-state index in [0.717, 1.165) is 25.1 Å². The number of amides is 1. The number of aromatic hydroxyl groups is 1. The van der Waals surface area contributed by atoms with Gasteiger partial charge in [0.05, 0.1) is 6.42 Å². The highest BCUT2D eigenvalue weighted by Gasteiger charge is 2.22. The van der Waals surface area contributed by atoms with E-state index in [1.165, 1.54) is 24.8 Å². The first-order chi connectivity index (χ1) is 12.7. The van der Waals surface area contributed by atoms with Crippen molar-refractivity contribution in [2.45, 2.75) is 44.7 Å². The molecule has 2 N–H and O–H groups in total. The van der Waals surface area contributed by atoms with Crippen LogP contribution in [0.1, 0.15) is 36.8 Å². The topological polar surface area (TPSA) is 52.6 Å². The summed E-state index contributed by atoms with van der Waals surface area (Å²) in [5, 5.41) is 12.5. The van der Waals surface area contributed by atoms with Crippen molar-refractivity contribution in [2.75, 3.05) is 13.1 Å². The predicted molar refractivity (Wildman–Crippen MR) is 104 cm³/mol. The van der Waals surface area contributed by atoms with Crippen molar-refractivity contribution < 1.29 is 9.90 Å². The molecular formula is C22H28N2O2. The molecule has 3 rings (SSSR count). The van der Waals surface area contributed by atoms with Gasteiger partial charge in [0.15, 0.2) is 0 Å². The molecule has 1 amide bonds. The summed E-state index contributed by atoms with van der Waals surface area (Å²) in [6, 6.07) is 18.0. The number of benzene rings is 2. The molecule has 2 aromatic rings. The first kappa shape index (κ1) is 18.5. The standard InChI is InChI=1S/C22H28N2O2/c25-21-11-6-9-19(15-21)16-22(26)23-13-12-20-10-4-5-14-24(20)17-18-7-2-1-3-8-18/h1-3,6-9,11,15,20,25H,4-5,10,12-14,16-17H2,(H,23,26)/t20-/m1/s1. The van der Waals surface area contributed by atoms with Gasteiger partial charge in [-0.3, -0.25) is 9.69 Å². The molecule has 0 unspecified atom stereocenters. The number of phenols is 1. The Bertz CT molecular complexity index is 702. The lowest BCUT2D eigenvalue weighted by atomic mass is 9.98. The number of nitrogens with one attached hydrogen (secondary N) is 1. The Morgan fingerprint density at radius 3 is 2.69 bits per heavy atom. The lowest BCUT2D eigenvalue weighted by Gasteiger charge is -2.36. The van der Waals surface area contributed by atoms with Gasteiger partial charge in [0.2, 0.25) is 5.91 Å². The minimum absolute atomic E-state index is 0.0148. The third-order valence-corrected chi connectivity index (χ3v) is 5.05. The summed E-state index contributed by atoms with van der Waals surface area (Å²) < 4.78 is 0. The fourth-order valence-electron chi connectivity index (χ4n) is 3.71. The van der Waals surface area contributed by atoms with Crippen LogP contribution in [0.3, 0.4) is 0 Å². The fourth-order valence-corrected chi connectivity index (χ4v) is 3.71. The van der Waals surface area contributed by atoms with Gasteiger partial charge in [-0.15, -0.1) is 0 Å². The summed E-state index contributed by atoms with van der Waals surface area (Å²) >= 11 is 0. The molecule has 0 aromatic heterocycles. The molecule has 1 fully saturated rings. The maximum absolute atomic E-state index is 12.1. The second kappa shape index (κ2) is 9.39. The lowest BCUT2D eigenvalue weighted by Crippen LogP contribution is -2.41. The van der Waals surface area contributed by atoms with E-state index in [0.29, 0.717) is 19.0 Å². The zero-order chi connectivity index (χ0) is 18.2. The third-order valence-electron chi connectivity index (χ3n) is 5.05. The molecule has 0 radical (unpaired) electrons. The van der Waals surface area contributed by atoms with E-state index < -0.39 is 0 Å². The van der Waals surface area contributed by atoms with E-state index in [1.807, 2.05) is 6.07 Å². The summed E-state index contributed by atoms with van der Waals surface area (Å²) in [6.45, 7) is 2.83. The highest BCUT2D eigenvalue weighted by Crippen LogP contribution is 2.21. The van der Waals surface area contributed by atoms with Crippen molar-refractivity contribution in [3.8, 4) is 5.75 Å². The zero-order valence-electron chi connectivity index (χ0n) is 15.2. The van der Waals surface area contributed by atoms with Crippen LogP contribution in [-0.2, 0) is 17.8 Å². The van der Waals surface area contributed by atoms with E-state index in [4.69, 9.17) is 0 Å². The molecule has 4 heteroatoms. The van der Waals surface area contributed by atoms with Crippen molar-refractivity contribution in [1.82, 2.24) is 10.2 Å². The van der Waals surface area contributed by atoms with E-state index in [9.17, 15) is 9.90 Å². The second-order valence-corrected chi connectivity index (χ2v) is 7.09. The minimum Gasteiger partial charge on any atom is -0.508 e. The van der Waals surface area contributed by atoms with Crippen molar-refractivity contribution in [1.29, 1.82) is 0 Å². The monoisotopic (exact) mass is 352 g/mol. The maximum atomic E-state index is 12.1. The molecule has 138 valence electrons. The highest BCUT2D eigenvalue weighted by atomic mass is 16.3. The Labute approximate surface area is 155 Å². The number of carbonyl (C=O) groups excluding carboxylic acids is 1. The Morgan fingerprint density at radius 2 is 1.88 bits per heavy atom. The molecule has 0 spiro atoms.